The van der Waals surface area contributed by atoms with Gasteiger partial charge in [-0.05, 0) is 49.0 Å². The van der Waals surface area contributed by atoms with E-state index < -0.39 is 0 Å². The fourth-order valence-electron chi connectivity index (χ4n) is 5.41. The number of aryl methyl sites for hydroxylation is 1. The molecule has 0 saturated carbocycles. The molecule has 0 spiro atoms. The van der Waals surface area contributed by atoms with E-state index in [2.05, 4.69) is 82.1 Å². The van der Waals surface area contributed by atoms with Crippen LogP contribution in [-0.4, -0.2) is 75.2 Å². The van der Waals surface area contributed by atoms with Crippen LogP contribution in [-0.2, 0) is 11.8 Å². The van der Waals surface area contributed by atoms with Crippen molar-refractivity contribution in [2.24, 2.45) is 7.05 Å². The highest BCUT2D eigenvalue weighted by atomic mass is 79.9. The molecule has 5 aromatic rings. The maximum atomic E-state index is 14.3. The van der Waals surface area contributed by atoms with Gasteiger partial charge in [0.1, 0.15) is 0 Å². The zero-order valence-electron chi connectivity index (χ0n) is 22.6. The van der Waals surface area contributed by atoms with Crippen molar-refractivity contribution in [2.75, 3.05) is 39.8 Å². The fraction of sp³-hybridized carbons (Fsp3) is 0.258. The number of pyridine rings is 1. The zero-order chi connectivity index (χ0) is 27.6. The molecule has 3 aromatic heterocycles. The van der Waals surface area contributed by atoms with Crippen molar-refractivity contribution < 1.29 is 4.79 Å². The summed E-state index contributed by atoms with van der Waals surface area (Å²) < 4.78 is 3.01. The molecule has 1 aliphatic rings. The highest BCUT2D eigenvalue weighted by molar-refractivity contribution is 9.10. The van der Waals surface area contributed by atoms with Crippen LogP contribution in [0.3, 0.4) is 0 Å². The third-order valence-corrected chi connectivity index (χ3v) is 8.17. The number of carbonyl (C=O) groups is 1. The van der Waals surface area contributed by atoms with E-state index in [0.717, 1.165) is 64.6 Å². The van der Waals surface area contributed by atoms with E-state index in [0.29, 0.717) is 16.9 Å². The molecule has 0 bridgehead atoms. The highest BCUT2D eigenvalue weighted by Crippen LogP contribution is 2.32. The Balaban J connectivity index is 1.42. The molecular weight excluding hydrogens is 566 g/mol. The van der Waals surface area contributed by atoms with Gasteiger partial charge in [0.05, 0.1) is 17.3 Å². The van der Waals surface area contributed by atoms with Gasteiger partial charge in [0.15, 0.2) is 5.65 Å². The zero-order valence-corrected chi connectivity index (χ0v) is 24.2. The lowest BCUT2D eigenvalue weighted by atomic mass is 10.00. The number of hydrogen-bond donors (Lipinski definition) is 2. The maximum Gasteiger partial charge on any atom is 0.252 e. The smallest absolute Gasteiger partial charge is 0.252 e. The minimum absolute atomic E-state index is 0.143. The van der Waals surface area contributed by atoms with Crippen molar-refractivity contribution >= 4 is 55.4 Å². The SMILES string of the molecule is CN1CCN(C[C@@H](NC(=O)C(=Cc2n[nH]c3ncccc23)c2cn(C)c3ccc(Br)cc23)c2ccccc2)CC1. The number of fused-ring (bicyclic) bond motifs is 2. The van der Waals surface area contributed by atoms with Gasteiger partial charge in [-0.2, -0.15) is 5.10 Å². The maximum absolute atomic E-state index is 14.3. The summed E-state index contributed by atoms with van der Waals surface area (Å²) in [5.41, 5.74) is 4.90. The molecule has 4 heterocycles. The first-order chi connectivity index (χ1) is 19.5. The van der Waals surface area contributed by atoms with Crippen LogP contribution in [0.5, 0.6) is 0 Å². The van der Waals surface area contributed by atoms with Crippen LogP contribution in [0, 0.1) is 0 Å². The van der Waals surface area contributed by atoms with E-state index in [1.165, 1.54) is 0 Å². The Morgan fingerprint density at radius 2 is 1.85 bits per heavy atom. The molecule has 40 heavy (non-hydrogen) atoms. The number of nitrogens with one attached hydrogen (secondary N) is 2. The number of nitrogens with zero attached hydrogens (tertiary/aromatic N) is 5. The number of aromatic nitrogens is 4. The molecule has 1 aliphatic heterocycles. The Labute approximate surface area is 241 Å². The second-order valence-corrected chi connectivity index (χ2v) is 11.3. The fourth-order valence-corrected chi connectivity index (χ4v) is 5.77. The van der Waals surface area contributed by atoms with Gasteiger partial charge < -0.3 is 14.8 Å². The van der Waals surface area contributed by atoms with Gasteiger partial charge in [-0.15, -0.1) is 0 Å². The van der Waals surface area contributed by atoms with E-state index in [9.17, 15) is 4.79 Å². The van der Waals surface area contributed by atoms with E-state index in [1.807, 2.05) is 55.7 Å². The van der Waals surface area contributed by atoms with E-state index >= 15 is 0 Å². The molecule has 2 N–H and O–H groups in total. The molecule has 9 heteroatoms. The lowest BCUT2D eigenvalue weighted by Crippen LogP contribution is -2.47. The molecule has 1 amide bonds. The average molecular weight is 599 g/mol. The number of likely N-dealkylation sites (N-methyl/N-ethyl adjacent to an activating group) is 1. The van der Waals surface area contributed by atoms with Gasteiger partial charge in [0, 0.05) is 78.5 Å². The van der Waals surface area contributed by atoms with Crippen LogP contribution in [0.15, 0.2) is 77.5 Å². The number of H-pyrrole nitrogens is 1. The van der Waals surface area contributed by atoms with Gasteiger partial charge >= 0.3 is 0 Å². The standard InChI is InChI=1S/C31H32BrN7O/c1-37-13-15-39(16-14-37)20-28(21-7-4-3-5-8-21)34-31(40)25(18-27-23-9-6-12-33-30(23)36-35-27)26-19-38(2)29-11-10-22(32)17-24(26)29/h3-12,17-19,28H,13-16,20H2,1-2H3,(H,34,40)(H,33,35,36)/t28-/m1/s1. The molecule has 6 rings (SSSR count). The van der Waals surface area contributed by atoms with Crippen molar-refractivity contribution in [1.82, 2.24) is 34.9 Å². The van der Waals surface area contributed by atoms with Gasteiger partial charge in [0.25, 0.3) is 5.91 Å². The quantitative estimate of drug-likeness (QED) is 0.262. The summed E-state index contributed by atoms with van der Waals surface area (Å²) in [7, 11) is 4.16. The van der Waals surface area contributed by atoms with Crippen LogP contribution >= 0.6 is 15.9 Å². The number of hydrogen-bond acceptors (Lipinski definition) is 5. The molecule has 0 unspecified atom stereocenters. The summed E-state index contributed by atoms with van der Waals surface area (Å²) >= 11 is 3.62. The van der Waals surface area contributed by atoms with Crippen LogP contribution in [0.2, 0.25) is 0 Å². The second-order valence-electron chi connectivity index (χ2n) is 10.4. The normalized spacial score (nSPS) is 16.0. The molecule has 1 fully saturated rings. The minimum atomic E-state index is -0.167. The van der Waals surface area contributed by atoms with Crippen LogP contribution in [0.1, 0.15) is 22.9 Å². The topological polar surface area (TPSA) is 82.1 Å². The number of benzene rings is 2. The number of piperazine rings is 1. The van der Waals surface area contributed by atoms with Crippen molar-refractivity contribution in [2.45, 2.75) is 6.04 Å². The van der Waals surface area contributed by atoms with E-state index in [-0.39, 0.29) is 11.9 Å². The Bertz CT molecular complexity index is 1680. The van der Waals surface area contributed by atoms with Gasteiger partial charge in [-0.25, -0.2) is 4.98 Å². The van der Waals surface area contributed by atoms with E-state index in [1.54, 1.807) is 6.20 Å². The number of aromatic amines is 1. The Hall–Kier alpha value is -3.79. The van der Waals surface area contributed by atoms with Crippen molar-refractivity contribution in [3.05, 3.63) is 94.4 Å². The van der Waals surface area contributed by atoms with Crippen molar-refractivity contribution in [1.29, 1.82) is 0 Å². The van der Waals surface area contributed by atoms with Crippen LogP contribution < -0.4 is 5.32 Å². The van der Waals surface area contributed by atoms with Crippen molar-refractivity contribution in [3.63, 3.8) is 0 Å². The Kier molecular flexibility index (Phi) is 7.51. The lowest BCUT2D eigenvalue weighted by molar-refractivity contribution is -0.116. The summed E-state index contributed by atoms with van der Waals surface area (Å²) in [5.74, 6) is -0.143. The summed E-state index contributed by atoms with van der Waals surface area (Å²) in [6.45, 7) is 4.73. The predicted molar refractivity (Wildman–Crippen MR) is 164 cm³/mol. The van der Waals surface area contributed by atoms with Crippen LogP contribution in [0.25, 0.3) is 33.6 Å². The average Bonchev–Trinajstić information content (AvgIpc) is 3.53. The second kappa shape index (κ2) is 11.4. The molecule has 8 nitrogen and oxygen atoms in total. The summed E-state index contributed by atoms with van der Waals surface area (Å²) in [6, 6.07) is 20.1. The first-order valence-electron chi connectivity index (χ1n) is 13.5. The number of halogens is 1. The van der Waals surface area contributed by atoms with Gasteiger partial charge in [-0.3, -0.25) is 14.8 Å². The first kappa shape index (κ1) is 26.4. The monoisotopic (exact) mass is 597 g/mol. The largest absolute Gasteiger partial charge is 0.350 e. The third kappa shape index (κ3) is 5.45. The Morgan fingerprint density at radius 3 is 2.65 bits per heavy atom. The summed E-state index contributed by atoms with van der Waals surface area (Å²) in [4.78, 5) is 23.5. The van der Waals surface area contributed by atoms with Crippen molar-refractivity contribution in [3.8, 4) is 0 Å². The minimum Gasteiger partial charge on any atom is -0.350 e. The summed E-state index contributed by atoms with van der Waals surface area (Å²) in [6.07, 6.45) is 5.63. The molecule has 204 valence electrons. The summed E-state index contributed by atoms with van der Waals surface area (Å²) in [5, 5.41) is 12.8. The van der Waals surface area contributed by atoms with Gasteiger partial charge in [-0.1, -0.05) is 46.3 Å². The molecule has 2 aromatic carbocycles. The number of carbonyl (C=O) groups excluding carboxylic acids is 1. The van der Waals surface area contributed by atoms with Gasteiger partial charge in [0.2, 0.25) is 0 Å². The molecule has 1 saturated heterocycles. The molecule has 0 radical (unpaired) electrons. The highest BCUT2D eigenvalue weighted by Gasteiger charge is 2.25. The lowest BCUT2D eigenvalue weighted by Gasteiger charge is -2.35. The third-order valence-electron chi connectivity index (χ3n) is 7.68. The Morgan fingerprint density at radius 1 is 1.05 bits per heavy atom. The molecule has 0 aliphatic carbocycles. The molecule has 1 atom stereocenters. The number of rotatable bonds is 7. The van der Waals surface area contributed by atoms with E-state index in [4.69, 9.17) is 0 Å². The predicted octanol–water partition coefficient (Wildman–Crippen LogP) is 4.86. The number of amides is 1. The van der Waals surface area contributed by atoms with Crippen LogP contribution in [0.4, 0.5) is 0 Å². The first-order valence-corrected chi connectivity index (χ1v) is 14.3. The molecular formula is C31H32BrN7O.